The highest BCUT2D eigenvalue weighted by Crippen LogP contribution is 2.28. The maximum atomic E-state index is 13.2. The Morgan fingerprint density at radius 1 is 1.12 bits per heavy atom. The van der Waals surface area contributed by atoms with Crippen molar-refractivity contribution >= 4 is 28.8 Å². The third kappa shape index (κ3) is 2.57. The molecule has 0 radical (unpaired) electrons. The predicted octanol–water partition coefficient (Wildman–Crippen LogP) is 3.79. The number of imidazole rings is 1. The number of carbonyl (C=O) groups excluding carboxylic acids is 2. The predicted molar refractivity (Wildman–Crippen MR) is 96.6 cm³/mol. The van der Waals surface area contributed by atoms with Gasteiger partial charge in [0, 0.05) is 0 Å². The normalized spacial score (nSPS) is 13.8. The molecule has 1 aromatic heterocycles. The Kier molecular flexibility index (Phi) is 4.04. The lowest BCUT2D eigenvalue weighted by Gasteiger charge is -2.37. The average molecular weight is 350 g/mol. The van der Waals surface area contributed by atoms with Gasteiger partial charge in [0.05, 0.1) is 29.9 Å². The van der Waals surface area contributed by atoms with Gasteiger partial charge in [-0.15, -0.1) is 5.01 Å². The van der Waals surface area contributed by atoms with Crippen LogP contribution < -0.4 is 5.01 Å². The summed E-state index contributed by atoms with van der Waals surface area (Å²) in [5, 5.41) is 2.65. The molecule has 0 saturated carbocycles. The van der Waals surface area contributed by atoms with Crippen LogP contribution in [-0.4, -0.2) is 33.3 Å². The van der Waals surface area contributed by atoms with Crippen LogP contribution in [0.4, 0.5) is 15.3 Å². The SMILES string of the molecule is CCCOC(=O)N1C(=O)n2c(nc3ccccc32)CN1c1ccccc1. The van der Waals surface area contributed by atoms with Crippen LogP contribution in [0.2, 0.25) is 0 Å². The lowest BCUT2D eigenvalue weighted by Crippen LogP contribution is -2.55. The highest BCUT2D eigenvalue weighted by molar-refractivity contribution is 6.00. The number of anilines is 1. The maximum Gasteiger partial charge on any atom is 0.437 e. The molecule has 2 amide bonds. The van der Waals surface area contributed by atoms with E-state index < -0.39 is 12.1 Å². The lowest BCUT2D eigenvalue weighted by atomic mass is 10.3. The number of amides is 2. The minimum atomic E-state index is -0.691. The largest absolute Gasteiger partial charge is 0.448 e. The van der Waals surface area contributed by atoms with Gasteiger partial charge in [-0.2, -0.15) is 0 Å². The Hall–Kier alpha value is -3.35. The van der Waals surface area contributed by atoms with Crippen LogP contribution in [0.5, 0.6) is 0 Å². The van der Waals surface area contributed by atoms with E-state index in [1.54, 1.807) is 5.01 Å². The fraction of sp³-hybridized carbons (Fsp3) is 0.211. The van der Waals surface area contributed by atoms with E-state index in [1.807, 2.05) is 61.5 Å². The Labute approximate surface area is 150 Å². The number of para-hydroxylation sites is 3. The van der Waals surface area contributed by atoms with E-state index in [0.29, 0.717) is 29.0 Å². The van der Waals surface area contributed by atoms with Gasteiger partial charge in [0.1, 0.15) is 5.82 Å². The molecule has 7 nitrogen and oxygen atoms in total. The van der Waals surface area contributed by atoms with Gasteiger partial charge in [0.2, 0.25) is 0 Å². The Balaban J connectivity index is 1.83. The average Bonchev–Trinajstić information content (AvgIpc) is 3.05. The first kappa shape index (κ1) is 16.1. The molecule has 3 aromatic rings. The molecule has 26 heavy (non-hydrogen) atoms. The number of benzene rings is 2. The Morgan fingerprint density at radius 2 is 1.85 bits per heavy atom. The zero-order valence-corrected chi connectivity index (χ0v) is 14.3. The number of fused-ring (bicyclic) bond motifs is 3. The van der Waals surface area contributed by atoms with Crippen LogP contribution in [0.25, 0.3) is 11.0 Å². The molecule has 0 aliphatic carbocycles. The molecule has 0 saturated heterocycles. The highest BCUT2D eigenvalue weighted by Gasteiger charge is 2.38. The van der Waals surface area contributed by atoms with E-state index in [1.165, 1.54) is 4.57 Å². The van der Waals surface area contributed by atoms with Crippen molar-refractivity contribution in [1.82, 2.24) is 14.6 Å². The Bertz CT molecular complexity index is 967. The summed E-state index contributed by atoms with van der Waals surface area (Å²) >= 11 is 0. The summed E-state index contributed by atoms with van der Waals surface area (Å²) in [5.74, 6) is 0.583. The smallest absolute Gasteiger partial charge is 0.437 e. The standard InChI is InChI=1S/C19H18N4O3/c1-2-12-26-19(25)23-18(24)22-16-11-7-6-10-15(16)20-17(22)13-21(23)14-8-4-3-5-9-14/h3-11H,2,12-13H2,1H3. The molecule has 0 bridgehead atoms. The van der Waals surface area contributed by atoms with Gasteiger partial charge in [0.15, 0.2) is 0 Å². The zero-order chi connectivity index (χ0) is 18.1. The number of rotatable bonds is 3. The second-order valence-electron chi connectivity index (χ2n) is 5.95. The molecule has 0 atom stereocenters. The number of carbonyl (C=O) groups is 2. The molecule has 0 unspecified atom stereocenters. The molecule has 2 aromatic carbocycles. The van der Waals surface area contributed by atoms with Crippen molar-refractivity contribution in [2.75, 3.05) is 11.6 Å². The molecular weight excluding hydrogens is 332 g/mol. The van der Waals surface area contributed by atoms with Gasteiger partial charge >= 0.3 is 12.1 Å². The van der Waals surface area contributed by atoms with Crippen molar-refractivity contribution in [2.45, 2.75) is 19.9 Å². The van der Waals surface area contributed by atoms with Gasteiger partial charge in [-0.3, -0.25) is 5.01 Å². The van der Waals surface area contributed by atoms with Crippen LogP contribution in [0.3, 0.4) is 0 Å². The maximum absolute atomic E-state index is 13.2. The van der Waals surface area contributed by atoms with Crippen molar-refractivity contribution in [3.8, 4) is 0 Å². The van der Waals surface area contributed by atoms with Crippen LogP contribution in [-0.2, 0) is 11.3 Å². The molecule has 0 fully saturated rings. The van der Waals surface area contributed by atoms with E-state index in [9.17, 15) is 9.59 Å². The fourth-order valence-electron chi connectivity index (χ4n) is 3.03. The zero-order valence-electron chi connectivity index (χ0n) is 14.3. The molecule has 2 heterocycles. The summed E-state index contributed by atoms with van der Waals surface area (Å²) in [5.41, 5.74) is 2.11. The summed E-state index contributed by atoms with van der Waals surface area (Å²) in [4.78, 5) is 30.4. The van der Waals surface area contributed by atoms with Crippen molar-refractivity contribution < 1.29 is 14.3 Å². The summed E-state index contributed by atoms with van der Waals surface area (Å²) in [6, 6.07) is 16.1. The van der Waals surface area contributed by atoms with Crippen LogP contribution in [0.1, 0.15) is 19.2 Å². The number of nitrogens with zero attached hydrogens (tertiary/aromatic N) is 4. The third-order valence-electron chi connectivity index (χ3n) is 4.19. The molecule has 132 valence electrons. The molecule has 4 rings (SSSR count). The van der Waals surface area contributed by atoms with Crippen molar-refractivity contribution in [1.29, 1.82) is 0 Å². The molecule has 1 aliphatic rings. The second kappa shape index (κ2) is 6.51. The fourth-order valence-corrected chi connectivity index (χ4v) is 3.03. The quantitative estimate of drug-likeness (QED) is 0.719. The minimum Gasteiger partial charge on any atom is -0.448 e. The number of imide groups is 1. The van der Waals surface area contributed by atoms with E-state index in [4.69, 9.17) is 4.74 Å². The Morgan fingerprint density at radius 3 is 2.62 bits per heavy atom. The molecule has 0 spiro atoms. The first-order chi connectivity index (χ1) is 12.7. The summed E-state index contributed by atoms with van der Waals surface area (Å²) in [7, 11) is 0. The second-order valence-corrected chi connectivity index (χ2v) is 5.95. The molecule has 0 N–H and O–H groups in total. The van der Waals surface area contributed by atoms with Gasteiger partial charge in [-0.25, -0.2) is 19.1 Å². The summed E-state index contributed by atoms with van der Waals surface area (Å²) < 4.78 is 6.72. The van der Waals surface area contributed by atoms with Crippen molar-refractivity contribution in [3.05, 3.63) is 60.4 Å². The topological polar surface area (TPSA) is 67.7 Å². The van der Waals surface area contributed by atoms with Crippen molar-refractivity contribution in [3.63, 3.8) is 0 Å². The number of hydrazine groups is 1. The number of hydrogen-bond donors (Lipinski definition) is 0. The first-order valence-electron chi connectivity index (χ1n) is 8.50. The summed E-state index contributed by atoms with van der Waals surface area (Å²) in [6.45, 7) is 2.44. The number of hydrogen-bond acceptors (Lipinski definition) is 5. The van der Waals surface area contributed by atoms with Gasteiger partial charge in [-0.05, 0) is 30.7 Å². The lowest BCUT2D eigenvalue weighted by molar-refractivity contribution is 0.102. The van der Waals surface area contributed by atoms with Gasteiger partial charge < -0.3 is 4.74 Å². The number of aromatic nitrogens is 2. The summed E-state index contributed by atoms with van der Waals surface area (Å²) in [6.07, 6.45) is -0.0117. The molecule has 1 aliphatic heterocycles. The number of ether oxygens (including phenoxy) is 1. The van der Waals surface area contributed by atoms with Crippen molar-refractivity contribution in [2.24, 2.45) is 0 Å². The highest BCUT2D eigenvalue weighted by atomic mass is 16.6. The molecular formula is C19H18N4O3. The van der Waals surface area contributed by atoms with Gasteiger partial charge in [0.25, 0.3) is 0 Å². The van der Waals surface area contributed by atoms with E-state index in [-0.39, 0.29) is 13.2 Å². The monoisotopic (exact) mass is 350 g/mol. The molecule has 7 heteroatoms. The van der Waals surface area contributed by atoms with Crippen LogP contribution >= 0.6 is 0 Å². The van der Waals surface area contributed by atoms with E-state index in [0.717, 1.165) is 5.01 Å². The van der Waals surface area contributed by atoms with Crippen LogP contribution in [0.15, 0.2) is 54.6 Å². The minimum absolute atomic E-state index is 0.253. The third-order valence-corrected chi connectivity index (χ3v) is 4.19. The first-order valence-corrected chi connectivity index (χ1v) is 8.50. The van der Waals surface area contributed by atoms with E-state index >= 15 is 0 Å². The van der Waals surface area contributed by atoms with Crippen LogP contribution in [0, 0.1) is 0 Å². The van der Waals surface area contributed by atoms with Gasteiger partial charge in [-0.1, -0.05) is 37.3 Å². The van der Waals surface area contributed by atoms with E-state index in [2.05, 4.69) is 4.98 Å².